The van der Waals surface area contributed by atoms with E-state index in [0.717, 1.165) is 13.2 Å². The minimum absolute atomic E-state index is 0. The molecule has 12 heavy (non-hydrogen) atoms. The van der Waals surface area contributed by atoms with Gasteiger partial charge in [0.25, 0.3) is 0 Å². The smallest absolute Gasteiger partial charge is 0.459 e. The van der Waals surface area contributed by atoms with Crippen molar-refractivity contribution in [1.29, 1.82) is 0 Å². The van der Waals surface area contributed by atoms with Crippen molar-refractivity contribution in [2.24, 2.45) is 0 Å². The molecular weight excluding hydrogens is 177 g/mol. The first-order chi connectivity index (χ1) is 5.30. The zero-order chi connectivity index (χ0) is 9.28. The zero-order valence-corrected chi connectivity index (χ0v) is 12.4. The number of nitrogens with zero attached hydrogens (tertiary/aromatic N) is 1. The molecular formula is C9H22KNO. The zero-order valence-electron chi connectivity index (χ0n) is 9.30. The Balaban J connectivity index is -0.000000144. The summed E-state index contributed by atoms with van der Waals surface area (Å²) in [7, 11) is 6.84. The van der Waals surface area contributed by atoms with E-state index in [1.54, 1.807) is 0 Å². The summed E-state index contributed by atoms with van der Waals surface area (Å²) in [5.41, 5.74) is 0. The number of hydrogen-bond acceptors (Lipinski definition) is 2. The van der Waals surface area contributed by atoms with Crippen molar-refractivity contribution in [2.75, 3.05) is 14.2 Å². The second kappa shape index (κ2) is 15.0. The van der Waals surface area contributed by atoms with Crippen LogP contribution >= 0.6 is 0 Å². The molecule has 0 amide bonds. The van der Waals surface area contributed by atoms with Gasteiger partial charge in [-0.15, -0.1) is 0 Å². The van der Waals surface area contributed by atoms with Crippen LogP contribution in [0, 0.1) is 7.05 Å². The molecule has 0 heterocycles. The molecule has 0 aromatic carbocycles. The number of aliphatic hydroxyl groups excluding tert-OH is 1. The van der Waals surface area contributed by atoms with E-state index in [2.05, 4.69) is 11.9 Å². The molecule has 1 aliphatic carbocycles. The van der Waals surface area contributed by atoms with E-state index in [1.807, 2.05) is 20.9 Å². The van der Waals surface area contributed by atoms with Crippen LogP contribution in [0.1, 0.15) is 33.1 Å². The second-order valence-electron chi connectivity index (χ2n) is 2.34. The van der Waals surface area contributed by atoms with Crippen LogP contribution in [0.25, 0.3) is 0 Å². The Bertz CT molecular complexity index is 65.5. The van der Waals surface area contributed by atoms with E-state index in [-0.39, 0.29) is 51.4 Å². The minimum Gasteiger partial charge on any atom is -0.459 e. The molecule has 1 saturated carbocycles. The van der Waals surface area contributed by atoms with Gasteiger partial charge in [-0.1, -0.05) is 20.3 Å². The number of hydrogen-bond donors (Lipinski definition) is 1. The molecule has 2 nitrogen and oxygen atoms in total. The fraction of sp³-hybridized carbons (Fsp3) is 0.889. The van der Waals surface area contributed by atoms with Gasteiger partial charge in [-0.2, -0.15) is 0 Å². The molecule has 70 valence electrons. The van der Waals surface area contributed by atoms with Gasteiger partial charge in [0.15, 0.2) is 0 Å². The fourth-order valence-corrected chi connectivity index (χ4v) is 0.827. The molecule has 0 radical (unpaired) electrons. The number of aliphatic hydroxyl groups is 1. The minimum atomic E-state index is 0. The molecule has 0 atom stereocenters. The summed E-state index contributed by atoms with van der Waals surface area (Å²) >= 11 is 0. The average Bonchev–Trinajstić information content (AvgIpc) is 1.92. The summed E-state index contributed by atoms with van der Waals surface area (Å²) in [6.07, 6.45) is 4.13. The molecule has 1 rings (SSSR count). The predicted molar refractivity (Wildman–Crippen MR) is 50.2 cm³/mol. The third-order valence-corrected chi connectivity index (χ3v) is 1.70. The van der Waals surface area contributed by atoms with Gasteiger partial charge in [0, 0.05) is 7.11 Å². The first kappa shape index (κ1) is 19.2. The molecule has 0 aromatic heterocycles. The quantitative estimate of drug-likeness (QED) is 0.428. The standard InChI is InChI=1S/C6H12N.C2H6.CH4O.K/c1-7(2)6-4-3-5-6;2*1-2;/h6H,1,3-5H2,2H3;1-2H3;2H,1H3;/q-1;;;+1. The van der Waals surface area contributed by atoms with Crippen molar-refractivity contribution in [2.45, 2.75) is 39.2 Å². The van der Waals surface area contributed by atoms with Gasteiger partial charge in [-0.05, 0) is 25.9 Å². The van der Waals surface area contributed by atoms with Crippen LogP contribution in [0.2, 0.25) is 0 Å². The molecule has 1 fully saturated rings. The first-order valence-corrected chi connectivity index (χ1v) is 4.29. The molecule has 0 unspecified atom stereocenters. The summed E-state index contributed by atoms with van der Waals surface area (Å²) in [6.45, 7) is 4.00. The van der Waals surface area contributed by atoms with Crippen molar-refractivity contribution in [3.8, 4) is 0 Å². The van der Waals surface area contributed by atoms with E-state index in [0.29, 0.717) is 0 Å². The van der Waals surface area contributed by atoms with Crippen molar-refractivity contribution >= 4 is 0 Å². The molecule has 3 heteroatoms. The second-order valence-corrected chi connectivity index (χ2v) is 2.34. The van der Waals surface area contributed by atoms with Gasteiger partial charge in [-0.3, -0.25) is 7.05 Å². The third kappa shape index (κ3) is 9.64. The molecule has 1 N–H and O–H groups in total. The van der Waals surface area contributed by atoms with Crippen LogP contribution in [0.3, 0.4) is 0 Å². The van der Waals surface area contributed by atoms with Crippen LogP contribution in [0.5, 0.6) is 0 Å². The van der Waals surface area contributed by atoms with Gasteiger partial charge >= 0.3 is 51.4 Å². The summed E-state index contributed by atoms with van der Waals surface area (Å²) in [4.78, 5) is 2.06. The van der Waals surface area contributed by atoms with Gasteiger partial charge < -0.3 is 10.0 Å². The predicted octanol–water partition coefficient (Wildman–Crippen LogP) is -1.10. The summed E-state index contributed by atoms with van der Waals surface area (Å²) in [6, 6.07) is 0.806. The molecule has 0 aromatic rings. The van der Waals surface area contributed by atoms with Crippen molar-refractivity contribution in [1.82, 2.24) is 4.90 Å². The number of rotatable bonds is 1. The molecule has 0 bridgehead atoms. The largest absolute Gasteiger partial charge is 1.00 e. The average molecular weight is 199 g/mol. The van der Waals surface area contributed by atoms with E-state index in [4.69, 9.17) is 5.11 Å². The van der Waals surface area contributed by atoms with E-state index < -0.39 is 0 Å². The van der Waals surface area contributed by atoms with Gasteiger partial charge in [-0.25, -0.2) is 0 Å². The van der Waals surface area contributed by atoms with E-state index in [1.165, 1.54) is 19.3 Å². The summed E-state index contributed by atoms with van der Waals surface area (Å²) in [5.74, 6) is 0. The van der Waals surface area contributed by atoms with Crippen LogP contribution < -0.4 is 51.4 Å². The van der Waals surface area contributed by atoms with E-state index >= 15 is 0 Å². The van der Waals surface area contributed by atoms with Crippen LogP contribution in [0.15, 0.2) is 0 Å². The van der Waals surface area contributed by atoms with Gasteiger partial charge in [0.2, 0.25) is 0 Å². The Morgan fingerprint density at radius 3 is 1.58 bits per heavy atom. The molecule has 0 aliphatic heterocycles. The Labute approximate surface area is 120 Å². The van der Waals surface area contributed by atoms with E-state index in [9.17, 15) is 0 Å². The van der Waals surface area contributed by atoms with Crippen molar-refractivity contribution < 1.29 is 56.5 Å². The fourth-order valence-electron chi connectivity index (χ4n) is 0.827. The Morgan fingerprint density at radius 2 is 1.58 bits per heavy atom. The maximum atomic E-state index is 7.00. The maximum absolute atomic E-state index is 7.00. The topological polar surface area (TPSA) is 23.5 Å². The molecule has 0 saturated heterocycles. The van der Waals surface area contributed by atoms with Crippen molar-refractivity contribution in [3.63, 3.8) is 0 Å². The van der Waals surface area contributed by atoms with Crippen LogP contribution in [-0.2, 0) is 0 Å². The molecule has 1 aliphatic rings. The first-order valence-electron chi connectivity index (χ1n) is 4.29. The SMILES string of the molecule is CC.CO.[CH2-]N(C)C1CCC1.[K+]. The van der Waals surface area contributed by atoms with Crippen LogP contribution in [0.4, 0.5) is 0 Å². The Kier molecular flexibility index (Phi) is 24.1. The van der Waals surface area contributed by atoms with Crippen molar-refractivity contribution in [3.05, 3.63) is 7.05 Å². The summed E-state index contributed by atoms with van der Waals surface area (Å²) in [5, 5.41) is 7.00. The van der Waals surface area contributed by atoms with Crippen LogP contribution in [-0.4, -0.2) is 30.2 Å². The van der Waals surface area contributed by atoms with Gasteiger partial charge in [0.1, 0.15) is 0 Å². The maximum Gasteiger partial charge on any atom is 1.00 e. The third-order valence-electron chi connectivity index (χ3n) is 1.70. The molecule has 0 spiro atoms. The Morgan fingerprint density at radius 1 is 1.25 bits per heavy atom. The Hall–Kier alpha value is 1.56. The normalized spacial score (nSPS) is 14.2. The van der Waals surface area contributed by atoms with Gasteiger partial charge in [0.05, 0.1) is 0 Å². The monoisotopic (exact) mass is 199 g/mol. The summed E-state index contributed by atoms with van der Waals surface area (Å²) < 4.78 is 0.